The summed E-state index contributed by atoms with van der Waals surface area (Å²) in [5, 5.41) is 1.07. The van der Waals surface area contributed by atoms with Gasteiger partial charge in [-0.2, -0.15) is 17.5 Å². The van der Waals surface area contributed by atoms with E-state index in [-0.39, 0.29) is 18.0 Å². The third-order valence-electron chi connectivity index (χ3n) is 5.29. The number of sulfonamides is 1. The lowest BCUT2D eigenvalue weighted by Gasteiger charge is -2.35. The summed E-state index contributed by atoms with van der Waals surface area (Å²) in [6.45, 7) is 3.38. The second-order valence-electron chi connectivity index (χ2n) is 7.23. The first kappa shape index (κ1) is 20.6. The summed E-state index contributed by atoms with van der Waals surface area (Å²) in [6, 6.07) is 13.4. The summed E-state index contributed by atoms with van der Waals surface area (Å²) < 4.78 is 65.2. The number of hydrogen-bond donors (Lipinski definition) is 0. The van der Waals surface area contributed by atoms with Gasteiger partial charge in [0.05, 0.1) is 16.0 Å². The quantitative estimate of drug-likeness (QED) is 0.622. The molecule has 1 aliphatic rings. The molecule has 0 atom stereocenters. The Morgan fingerprint density at radius 2 is 1.57 bits per heavy atom. The monoisotopic (exact) mass is 435 g/mol. The van der Waals surface area contributed by atoms with Crippen LogP contribution in [0, 0.1) is 6.92 Å². The molecule has 0 N–H and O–H groups in total. The molecule has 1 saturated heterocycles. The van der Waals surface area contributed by atoms with Crippen molar-refractivity contribution in [2.24, 2.45) is 0 Å². The van der Waals surface area contributed by atoms with Crippen molar-refractivity contribution >= 4 is 26.7 Å². The Balaban J connectivity index is 1.50. The van der Waals surface area contributed by atoms with E-state index in [0.717, 1.165) is 46.5 Å². The summed E-state index contributed by atoms with van der Waals surface area (Å²) >= 11 is 0. The molecule has 1 aromatic heterocycles. The lowest BCUT2D eigenvalue weighted by Crippen LogP contribution is -2.48. The number of nitrogens with zero attached hydrogens (tertiary/aromatic N) is 3. The average molecular weight is 435 g/mol. The van der Waals surface area contributed by atoms with Gasteiger partial charge in [0.25, 0.3) is 0 Å². The van der Waals surface area contributed by atoms with Crippen LogP contribution in [0.1, 0.15) is 11.1 Å². The molecule has 0 spiro atoms. The fourth-order valence-electron chi connectivity index (χ4n) is 3.62. The first-order valence-corrected chi connectivity index (χ1v) is 10.9. The highest BCUT2D eigenvalue weighted by Gasteiger charge is 2.32. The number of halogens is 3. The minimum atomic E-state index is -4.50. The number of anilines is 1. The van der Waals surface area contributed by atoms with Crippen LogP contribution in [0.4, 0.5) is 19.0 Å². The van der Waals surface area contributed by atoms with Crippen molar-refractivity contribution in [3.63, 3.8) is 0 Å². The highest BCUT2D eigenvalue weighted by molar-refractivity contribution is 7.89. The van der Waals surface area contributed by atoms with Gasteiger partial charge >= 0.3 is 6.18 Å². The van der Waals surface area contributed by atoms with Crippen LogP contribution in [0.2, 0.25) is 0 Å². The molecule has 4 rings (SSSR count). The SMILES string of the molecule is Cc1cc(N2CCN(S(=O)(=O)c3ccc(C(F)(F)F)cc3)CC2)nc2ccccc12. The zero-order valence-electron chi connectivity index (χ0n) is 16.2. The lowest BCUT2D eigenvalue weighted by atomic mass is 10.1. The van der Waals surface area contributed by atoms with Gasteiger partial charge < -0.3 is 4.90 Å². The van der Waals surface area contributed by atoms with E-state index in [1.54, 1.807) is 0 Å². The van der Waals surface area contributed by atoms with Crippen LogP contribution in [-0.2, 0) is 16.2 Å². The maximum absolute atomic E-state index is 12.8. The van der Waals surface area contributed by atoms with Crippen LogP contribution >= 0.6 is 0 Å². The van der Waals surface area contributed by atoms with Gasteiger partial charge in [0.2, 0.25) is 10.0 Å². The molecule has 3 aromatic rings. The molecule has 1 fully saturated rings. The van der Waals surface area contributed by atoms with Gasteiger partial charge in [0.1, 0.15) is 5.82 Å². The zero-order chi connectivity index (χ0) is 21.5. The van der Waals surface area contributed by atoms with Gasteiger partial charge in [0, 0.05) is 31.6 Å². The molecule has 0 unspecified atom stereocenters. The number of alkyl halides is 3. The Kier molecular flexibility index (Phi) is 5.19. The van der Waals surface area contributed by atoms with E-state index in [1.165, 1.54) is 4.31 Å². The van der Waals surface area contributed by atoms with Gasteiger partial charge in [-0.25, -0.2) is 13.4 Å². The van der Waals surface area contributed by atoms with Crippen molar-refractivity contribution in [2.45, 2.75) is 18.0 Å². The smallest absolute Gasteiger partial charge is 0.354 e. The number of piperazine rings is 1. The predicted molar refractivity (Wildman–Crippen MR) is 109 cm³/mol. The van der Waals surface area contributed by atoms with Gasteiger partial charge in [0.15, 0.2) is 0 Å². The van der Waals surface area contributed by atoms with E-state index in [9.17, 15) is 21.6 Å². The third-order valence-corrected chi connectivity index (χ3v) is 7.20. The third kappa shape index (κ3) is 3.87. The first-order valence-electron chi connectivity index (χ1n) is 9.45. The number of aryl methyl sites for hydroxylation is 1. The minimum Gasteiger partial charge on any atom is -0.354 e. The summed E-state index contributed by atoms with van der Waals surface area (Å²) in [4.78, 5) is 6.58. The molecule has 0 bridgehead atoms. The molecule has 158 valence electrons. The summed E-state index contributed by atoms with van der Waals surface area (Å²) in [5.41, 5.74) is 1.10. The van der Waals surface area contributed by atoms with E-state index >= 15 is 0 Å². The van der Waals surface area contributed by atoms with Crippen molar-refractivity contribution in [3.05, 3.63) is 65.7 Å². The number of para-hydroxylation sites is 1. The van der Waals surface area contributed by atoms with Crippen LogP contribution in [0.15, 0.2) is 59.5 Å². The fourth-order valence-corrected chi connectivity index (χ4v) is 5.04. The van der Waals surface area contributed by atoms with Crippen molar-refractivity contribution in [2.75, 3.05) is 31.1 Å². The average Bonchev–Trinajstić information content (AvgIpc) is 2.73. The molecule has 0 amide bonds. The number of fused-ring (bicyclic) bond motifs is 1. The summed E-state index contributed by atoms with van der Waals surface area (Å²) in [7, 11) is -3.85. The van der Waals surface area contributed by atoms with Gasteiger partial charge in [-0.3, -0.25) is 0 Å². The van der Waals surface area contributed by atoms with E-state index in [1.807, 2.05) is 42.2 Å². The topological polar surface area (TPSA) is 53.5 Å². The Bertz CT molecular complexity index is 1170. The second kappa shape index (κ2) is 7.55. The highest BCUT2D eigenvalue weighted by atomic mass is 32.2. The second-order valence-corrected chi connectivity index (χ2v) is 9.17. The lowest BCUT2D eigenvalue weighted by molar-refractivity contribution is -0.137. The van der Waals surface area contributed by atoms with Crippen molar-refractivity contribution in [1.82, 2.24) is 9.29 Å². The molecule has 1 aliphatic heterocycles. The fraction of sp³-hybridized carbons (Fsp3) is 0.286. The zero-order valence-corrected chi connectivity index (χ0v) is 17.0. The van der Waals surface area contributed by atoms with E-state index in [2.05, 4.69) is 4.98 Å². The first-order chi connectivity index (χ1) is 14.2. The van der Waals surface area contributed by atoms with Crippen LogP contribution in [0.5, 0.6) is 0 Å². The number of aromatic nitrogens is 1. The molecule has 0 radical (unpaired) electrons. The van der Waals surface area contributed by atoms with Crippen LogP contribution in [-0.4, -0.2) is 43.9 Å². The molecular weight excluding hydrogens is 415 g/mol. The summed E-state index contributed by atoms with van der Waals surface area (Å²) in [5.74, 6) is 0.790. The maximum atomic E-state index is 12.8. The number of hydrogen-bond acceptors (Lipinski definition) is 4. The number of pyridine rings is 1. The molecular formula is C21H20F3N3O2S. The Morgan fingerprint density at radius 3 is 2.20 bits per heavy atom. The van der Waals surface area contributed by atoms with Crippen molar-refractivity contribution in [1.29, 1.82) is 0 Å². The molecule has 5 nitrogen and oxygen atoms in total. The molecule has 2 heterocycles. The predicted octanol–water partition coefficient (Wildman–Crippen LogP) is 4.07. The molecule has 0 aliphatic carbocycles. The van der Waals surface area contributed by atoms with Crippen LogP contribution < -0.4 is 4.90 Å². The molecule has 0 saturated carbocycles. The minimum absolute atomic E-state index is 0.136. The van der Waals surface area contributed by atoms with Crippen LogP contribution in [0.3, 0.4) is 0 Å². The van der Waals surface area contributed by atoms with E-state index < -0.39 is 21.8 Å². The summed E-state index contributed by atoms with van der Waals surface area (Å²) in [6.07, 6.45) is -4.50. The van der Waals surface area contributed by atoms with Crippen molar-refractivity contribution in [3.8, 4) is 0 Å². The Hall–Kier alpha value is -2.65. The normalized spacial score (nSPS) is 16.2. The molecule has 2 aromatic carbocycles. The van der Waals surface area contributed by atoms with Gasteiger partial charge in [-0.15, -0.1) is 0 Å². The number of rotatable bonds is 3. The van der Waals surface area contributed by atoms with E-state index in [4.69, 9.17) is 0 Å². The maximum Gasteiger partial charge on any atom is 0.416 e. The van der Waals surface area contributed by atoms with Crippen molar-refractivity contribution < 1.29 is 21.6 Å². The Morgan fingerprint density at radius 1 is 0.933 bits per heavy atom. The van der Waals surface area contributed by atoms with Gasteiger partial charge in [-0.05, 0) is 48.9 Å². The van der Waals surface area contributed by atoms with E-state index in [0.29, 0.717) is 13.1 Å². The Labute approximate surface area is 172 Å². The van der Waals surface area contributed by atoms with Gasteiger partial charge in [-0.1, -0.05) is 18.2 Å². The largest absolute Gasteiger partial charge is 0.416 e. The highest BCUT2D eigenvalue weighted by Crippen LogP contribution is 2.30. The van der Waals surface area contributed by atoms with Crippen LogP contribution in [0.25, 0.3) is 10.9 Å². The number of benzene rings is 2. The molecule has 30 heavy (non-hydrogen) atoms. The molecule has 9 heteroatoms. The standard InChI is InChI=1S/C21H20F3N3O2S/c1-15-14-20(25-19-5-3-2-4-18(15)19)26-10-12-27(13-11-26)30(28,29)17-8-6-16(7-9-17)21(22,23)24/h2-9,14H,10-13H2,1H3.